The molecule has 23 heavy (non-hydrogen) atoms. The second-order valence-electron chi connectivity index (χ2n) is 4.96. The second-order valence-corrected chi connectivity index (χ2v) is 7.53. The highest BCUT2D eigenvalue weighted by Gasteiger charge is 2.44. The Bertz CT molecular complexity index is 928. The van der Waals surface area contributed by atoms with Gasteiger partial charge < -0.3 is 0 Å². The number of hydrogen-bond donors (Lipinski definition) is 0. The smallest absolute Gasteiger partial charge is 0.267 e. The summed E-state index contributed by atoms with van der Waals surface area (Å²) in [6.07, 6.45) is 0. The summed E-state index contributed by atoms with van der Waals surface area (Å²) >= 11 is 11.7. The first kappa shape index (κ1) is 16.0. The van der Waals surface area contributed by atoms with Crippen LogP contribution in [0.15, 0.2) is 41.3 Å². The molecule has 2 aromatic rings. The van der Waals surface area contributed by atoms with Crippen molar-refractivity contribution in [1.29, 1.82) is 0 Å². The molecule has 0 atom stereocenters. The largest absolute Gasteiger partial charge is 0.275 e. The predicted octanol–water partition coefficient (Wildman–Crippen LogP) is 3.29. The van der Waals surface area contributed by atoms with Gasteiger partial charge in [0.1, 0.15) is 0 Å². The quantitative estimate of drug-likeness (QED) is 0.761. The van der Waals surface area contributed by atoms with E-state index in [9.17, 15) is 18.0 Å². The number of fused-ring (bicyclic) bond motifs is 1. The molecular weight excluding hydrogens is 361 g/mol. The van der Waals surface area contributed by atoms with Crippen LogP contribution in [-0.4, -0.2) is 24.5 Å². The Morgan fingerprint density at radius 3 is 1.87 bits per heavy atom. The number of amides is 2. The zero-order valence-electron chi connectivity index (χ0n) is 11.7. The topological polar surface area (TPSA) is 71.5 Å². The first-order valence-electron chi connectivity index (χ1n) is 6.44. The monoisotopic (exact) mass is 369 g/mol. The van der Waals surface area contributed by atoms with E-state index in [0.29, 0.717) is 5.56 Å². The summed E-state index contributed by atoms with van der Waals surface area (Å²) in [5, 5.41) is 0.142. The number of carbonyl (C=O) groups is 2. The van der Waals surface area contributed by atoms with E-state index in [1.54, 1.807) is 19.1 Å². The van der Waals surface area contributed by atoms with Gasteiger partial charge in [-0.3, -0.25) is 9.59 Å². The van der Waals surface area contributed by atoms with E-state index in [4.69, 9.17) is 23.2 Å². The second kappa shape index (κ2) is 5.33. The minimum absolute atomic E-state index is 0.0710. The number of rotatable bonds is 2. The molecule has 8 heteroatoms. The molecular formula is C15H9Cl2NO4S. The molecule has 0 radical (unpaired) electrons. The number of hydrogen-bond acceptors (Lipinski definition) is 4. The van der Waals surface area contributed by atoms with Gasteiger partial charge in [-0.25, -0.2) is 8.42 Å². The molecule has 0 saturated carbocycles. The summed E-state index contributed by atoms with van der Waals surface area (Å²) in [4.78, 5) is 24.7. The van der Waals surface area contributed by atoms with E-state index < -0.39 is 21.8 Å². The standard InChI is InChI=1S/C15H9Cl2NO4S/c1-8-4-2-3-5-13(8)23(21,22)18-14(19)9-6-11(16)12(17)7-10(9)15(18)20/h2-7H,1H3. The van der Waals surface area contributed by atoms with E-state index in [1.807, 2.05) is 0 Å². The minimum Gasteiger partial charge on any atom is -0.267 e. The van der Waals surface area contributed by atoms with Crippen LogP contribution in [0.4, 0.5) is 0 Å². The van der Waals surface area contributed by atoms with Gasteiger partial charge in [-0.2, -0.15) is 4.31 Å². The summed E-state index contributed by atoms with van der Waals surface area (Å²) in [7, 11) is -4.31. The Hall–Kier alpha value is -1.89. The van der Waals surface area contributed by atoms with Crippen molar-refractivity contribution in [3.8, 4) is 0 Å². The van der Waals surface area contributed by atoms with Crippen molar-refractivity contribution in [2.45, 2.75) is 11.8 Å². The molecule has 0 aliphatic carbocycles. The molecule has 2 aromatic carbocycles. The lowest BCUT2D eigenvalue weighted by molar-refractivity contribution is 0.0765. The number of benzene rings is 2. The average Bonchev–Trinajstić information content (AvgIpc) is 2.72. The highest BCUT2D eigenvalue weighted by Crippen LogP contribution is 2.34. The van der Waals surface area contributed by atoms with Crippen LogP contribution >= 0.6 is 23.2 Å². The fraction of sp³-hybridized carbons (Fsp3) is 0.0667. The van der Waals surface area contributed by atoms with Crippen molar-refractivity contribution in [3.05, 3.63) is 63.1 Å². The number of imide groups is 1. The van der Waals surface area contributed by atoms with Gasteiger partial charge in [0, 0.05) is 0 Å². The molecule has 5 nitrogen and oxygen atoms in total. The highest BCUT2D eigenvalue weighted by molar-refractivity contribution is 7.90. The van der Waals surface area contributed by atoms with E-state index >= 15 is 0 Å². The van der Waals surface area contributed by atoms with Crippen molar-refractivity contribution in [3.63, 3.8) is 0 Å². The molecule has 118 valence electrons. The SMILES string of the molecule is Cc1ccccc1S(=O)(=O)N1C(=O)c2cc(Cl)c(Cl)cc2C1=O. The van der Waals surface area contributed by atoms with Crippen LogP contribution in [0.1, 0.15) is 26.3 Å². The number of halogens is 2. The number of carbonyl (C=O) groups excluding carboxylic acids is 2. The molecule has 0 N–H and O–H groups in total. The summed E-state index contributed by atoms with van der Waals surface area (Å²) in [5.41, 5.74) is 0.267. The van der Waals surface area contributed by atoms with Gasteiger partial charge in [0.15, 0.2) is 0 Å². The Morgan fingerprint density at radius 1 is 0.913 bits per heavy atom. The Balaban J connectivity index is 2.18. The summed E-state index contributed by atoms with van der Waals surface area (Å²) in [5.74, 6) is -1.88. The molecule has 1 aliphatic heterocycles. The molecule has 0 saturated heterocycles. The number of sulfonamides is 1. The van der Waals surface area contributed by atoms with E-state index in [2.05, 4.69) is 0 Å². The van der Waals surface area contributed by atoms with Gasteiger partial charge in [-0.05, 0) is 30.7 Å². The van der Waals surface area contributed by atoms with Crippen molar-refractivity contribution in [2.24, 2.45) is 0 Å². The Labute approximate surface area is 142 Å². The van der Waals surface area contributed by atoms with Crippen LogP contribution in [0.25, 0.3) is 0 Å². The predicted molar refractivity (Wildman–Crippen MR) is 85.3 cm³/mol. The van der Waals surface area contributed by atoms with E-state index in [1.165, 1.54) is 24.3 Å². The lowest BCUT2D eigenvalue weighted by Crippen LogP contribution is -2.36. The van der Waals surface area contributed by atoms with Crippen LogP contribution in [0, 0.1) is 6.92 Å². The van der Waals surface area contributed by atoms with Crippen LogP contribution in [-0.2, 0) is 10.0 Å². The minimum atomic E-state index is -4.31. The van der Waals surface area contributed by atoms with E-state index in [0.717, 1.165) is 0 Å². The van der Waals surface area contributed by atoms with Gasteiger partial charge in [0.05, 0.1) is 26.1 Å². The molecule has 0 fully saturated rings. The van der Waals surface area contributed by atoms with E-state index in [-0.39, 0.29) is 30.4 Å². The molecule has 0 spiro atoms. The molecule has 0 aromatic heterocycles. The van der Waals surface area contributed by atoms with Crippen molar-refractivity contribution < 1.29 is 18.0 Å². The lowest BCUT2D eigenvalue weighted by atomic mass is 10.1. The summed E-state index contributed by atoms with van der Waals surface area (Å²) < 4.78 is 25.7. The third kappa shape index (κ3) is 2.34. The zero-order valence-corrected chi connectivity index (χ0v) is 14.0. The average molecular weight is 370 g/mol. The van der Waals surface area contributed by atoms with Crippen LogP contribution in [0.3, 0.4) is 0 Å². The van der Waals surface area contributed by atoms with Crippen LogP contribution in [0.5, 0.6) is 0 Å². The maximum absolute atomic E-state index is 12.7. The molecule has 3 rings (SSSR count). The molecule has 0 bridgehead atoms. The van der Waals surface area contributed by atoms with Gasteiger partial charge in [0.2, 0.25) is 0 Å². The first-order chi connectivity index (χ1) is 10.7. The Morgan fingerprint density at radius 2 is 1.39 bits per heavy atom. The maximum atomic E-state index is 12.7. The summed E-state index contributed by atoms with van der Waals surface area (Å²) in [6, 6.07) is 8.51. The molecule has 0 unspecified atom stereocenters. The molecule has 1 aliphatic rings. The molecule has 1 heterocycles. The van der Waals surface area contributed by atoms with Crippen LogP contribution in [0.2, 0.25) is 10.0 Å². The number of aryl methyl sites for hydroxylation is 1. The lowest BCUT2D eigenvalue weighted by Gasteiger charge is -2.15. The van der Waals surface area contributed by atoms with Gasteiger partial charge in [0.25, 0.3) is 21.8 Å². The maximum Gasteiger partial charge on any atom is 0.275 e. The zero-order chi connectivity index (χ0) is 16.9. The Kier molecular flexibility index (Phi) is 3.71. The third-order valence-electron chi connectivity index (χ3n) is 3.50. The fourth-order valence-electron chi connectivity index (χ4n) is 2.37. The van der Waals surface area contributed by atoms with Gasteiger partial charge in [-0.1, -0.05) is 41.4 Å². The van der Waals surface area contributed by atoms with Crippen molar-refractivity contribution in [2.75, 3.05) is 0 Å². The van der Waals surface area contributed by atoms with Crippen LogP contribution < -0.4 is 0 Å². The molecule has 2 amide bonds. The fourth-order valence-corrected chi connectivity index (χ4v) is 4.26. The van der Waals surface area contributed by atoms with Crippen molar-refractivity contribution in [1.82, 2.24) is 4.31 Å². The normalized spacial score (nSPS) is 14.3. The summed E-state index contributed by atoms with van der Waals surface area (Å²) in [6.45, 7) is 1.58. The van der Waals surface area contributed by atoms with Gasteiger partial charge >= 0.3 is 0 Å². The van der Waals surface area contributed by atoms with Crippen molar-refractivity contribution >= 4 is 45.0 Å². The first-order valence-corrected chi connectivity index (χ1v) is 8.63. The highest BCUT2D eigenvalue weighted by atomic mass is 35.5. The van der Waals surface area contributed by atoms with Gasteiger partial charge in [-0.15, -0.1) is 0 Å². The number of nitrogens with zero attached hydrogens (tertiary/aromatic N) is 1. The third-order valence-corrected chi connectivity index (χ3v) is 6.05.